The van der Waals surface area contributed by atoms with E-state index in [2.05, 4.69) is 30.6 Å². The van der Waals surface area contributed by atoms with Crippen molar-refractivity contribution < 1.29 is 0 Å². The summed E-state index contributed by atoms with van der Waals surface area (Å²) < 4.78 is 0. The zero-order valence-electron chi connectivity index (χ0n) is 11.8. The number of nitrogens with two attached hydrogens (primary N) is 1. The van der Waals surface area contributed by atoms with E-state index < -0.39 is 0 Å². The van der Waals surface area contributed by atoms with Gasteiger partial charge in [0.1, 0.15) is 0 Å². The number of hydrogen-bond acceptors (Lipinski definition) is 3. The van der Waals surface area contributed by atoms with Gasteiger partial charge in [-0.05, 0) is 24.2 Å². The minimum atomic E-state index is 0.299. The summed E-state index contributed by atoms with van der Waals surface area (Å²) in [6.45, 7) is 13.9. The predicted octanol–water partition coefficient (Wildman–Crippen LogP) is 1.39. The minimum Gasteiger partial charge on any atom is -0.329 e. The van der Waals surface area contributed by atoms with E-state index in [1.807, 2.05) is 0 Å². The topological polar surface area (TPSA) is 32.5 Å². The number of hydrogen-bond donors (Lipinski definition) is 1. The summed E-state index contributed by atoms with van der Waals surface area (Å²) in [7, 11) is 0. The Bertz CT molecular complexity index is 234. The van der Waals surface area contributed by atoms with Crippen LogP contribution in [0.1, 0.15) is 33.6 Å². The van der Waals surface area contributed by atoms with Gasteiger partial charge in [0.05, 0.1) is 0 Å². The highest BCUT2D eigenvalue weighted by Crippen LogP contribution is 2.30. The van der Waals surface area contributed by atoms with E-state index in [0.29, 0.717) is 11.5 Å². The SMILES string of the molecule is CC(C)(C)C(CN)N1CCN(CC2CC2)CC1. The summed E-state index contributed by atoms with van der Waals surface area (Å²) in [6.07, 6.45) is 2.93. The molecule has 1 saturated heterocycles. The molecule has 0 spiro atoms. The summed E-state index contributed by atoms with van der Waals surface area (Å²) in [5.41, 5.74) is 6.26. The fraction of sp³-hybridized carbons (Fsp3) is 1.00. The van der Waals surface area contributed by atoms with Crippen molar-refractivity contribution in [3.63, 3.8) is 0 Å². The van der Waals surface area contributed by atoms with Gasteiger partial charge in [-0.2, -0.15) is 0 Å². The quantitative estimate of drug-likeness (QED) is 0.804. The van der Waals surface area contributed by atoms with Gasteiger partial charge in [0, 0.05) is 45.3 Å². The molecule has 0 aromatic rings. The van der Waals surface area contributed by atoms with Gasteiger partial charge < -0.3 is 10.6 Å². The standard InChI is InChI=1S/C14H29N3/c1-14(2,3)13(10-15)17-8-6-16(7-9-17)11-12-4-5-12/h12-13H,4-11,15H2,1-3H3. The Balaban J connectivity index is 1.80. The van der Waals surface area contributed by atoms with Crippen molar-refractivity contribution in [3.8, 4) is 0 Å². The van der Waals surface area contributed by atoms with Crippen LogP contribution in [0.15, 0.2) is 0 Å². The van der Waals surface area contributed by atoms with Crippen molar-refractivity contribution >= 4 is 0 Å². The Morgan fingerprint density at radius 2 is 1.71 bits per heavy atom. The van der Waals surface area contributed by atoms with Gasteiger partial charge in [-0.15, -0.1) is 0 Å². The molecule has 1 aliphatic heterocycles. The van der Waals surface area contributed by atoms with Gasteiger partial charge in [0.2, 0.25) is 0 Å². The molecule has 3 nitrogen and oxygen atoms in total. The lowest BCUT2D eigenvalue weighted by Gasteiger charge is -2.44. The van der Waals surface area contributed by atoms with Gasteiger partial charge in [-0.25, -0.2) is 0 Å². The first-order valence-corrected chi connectivity index (χ1v) is 7.17. The molecule has 2 rings (SSSR count). The average Bonchev–Trinajstić information content (AvgIpc) is 3.03. The van der Waals surface area contributed by atoms with Crippen molar-refractivity contribution in [2.24, 2.45) is 17.1 Å². The maximum atomic E-state index is 5.96. The van der Waals surface area contributed by atoms with Gasteiger partial charge in [0.25, 0.3) is 0 Å². The van der Waals surface area contributed by atoms with E-state index in [1.54, 1.807) is 0 Å². The molecular formula is C14H29N3. The van der Waals surface area contributed by atoms with Crippen molar-refractivity contribution in [2.75, 3.05) is 39.3 Å². The van der Waals surface area contributed by atoms with E-state index in [1.165, 1.54) is 45.6 Å². The highest BCUT2D eigenvalue weighted by atomic mass is 15.3. The molecule has 1 heterocycles. The second-order valence-corrected chi connectivity index (χ2v) is 6.90. The highest BCUT2D eigenvalue weighted by molar-refractivity contribution is 4.88. The molecule has 2 aliphatic rings. The van der Waals surface area contributed by atoms with Crippen LogP contribution >= 0.6 is 0 Å². The molecule has 2 N–H and O–H groups in total. The van der Waals surface area contributed by atoms with Crippen LogP contribution < -0.4 is 5.73 Å². The lowest BCUT2D eigenvalue weighted by atomic mass is 9.85. The second kappa shape index (κ2) is 5.25. The normalized spacial score (nSPS) is 26.1. The first-order chi connectivity index (χ1) is 8.00. The van der Waals surface area contributed by atoms with Crippen molar-refractivity contribution in [3.05, 3.63) is 0 Å². The highest BCUT2D eigenvalue weighted by Gasteiger charge is 2.32. The summed E-state index contributed by atoms with van der Waals surface area (Å²) >= 11 is 0. The average molecular weight is 239 g/mol. The van der Waals surface area contributed by atoms with Crippen molar-refractivity contribution in [1.82, 2.24) is 9.80 Å². The largest absolute Gasteiger partial charge is 0.329 e. The van der Waals surface area contributed by atoms with Gasteiger partial charge in [-0.3, -0.25) is 4.90 Å². The summed E-state index contributed by atoms with van der Waals surface area (Å²) in [4.78, 5) is 5.24. The summed E-state index contributed by atoms with van der Waals surface area (Å²) in [5, 5.41) is 0. The molecule has 17 heavy (non-hydrogen) atoms. The van der Waals surface area contributed by atoms with Crippen LogP contribution in [0.25, 0.3) is 0 Å². The number of rotatable bonds is 4. The summed E-state index contributed by atoms with van der Waals surface area (Å²) in [5.74, 6) is 1.02. The van der Waals surface area contributed by atoms with Crippen molar-refractivity contribution in [1.29, 1.82) is 0 Å². The molecule has 0 aromatic carbocycles. The molecule has 1 aliphatic carbocycles. The molecule has 0 aromatic heterocycles. The van der Waals surface area contributed by atoms with Crippen LogP contribution in [-0.2, 0) is 0 Å². The maximum Gasteiger partial charge on any atom is 0.0267 e. The zero-order chi connectivity index (χ0) is 12.5. The molecular weight excluding hydrogens is 210 g/mol. The molecule has 2 fully saturated rings. The molecule has 0 amide bonds. The maximum absolute atomic E-state index is 5.96. The Morgan fingerprint density at radius 1 is 1.12 bits per heavy atom. The van der Waals surface area contributed by atoms with Crippen LogP contribution in [-0.4, -0.2) is 55.1 Å². The van der Waals surface area contributed by atoms with Gasteiger partial charge in [-0.1, -0.05) is 20.8 Å². The second-order valence-electron chi connectivity index (χ2n) is 6.90. The Hall–Kier alpha value is -0.120. The van der Waals surface area contributed by atoms with E-state index in [0.717, 1.165) is 12.5 Å². The smallest absolute Gasteiger partial charge is 0.0267 e. The molecule has 0 radical (unpaired) electrons. The van der Waals surface area contributed by atoms with Gasteiger partial charge >= 0.3 is 0 Å². The Morgan fingerprint density at radius 3 is 2.12 bits per heavy atom. The first-order valence-electron chi connectivity index (χ1n) is 7.17. The van der Waals surface area contributed by atoms with E-state index in [9.17, 15) is 0 Å². The van der Waals surface area contributed by atoms with Crippen molar-refractivity contribution in [2.45, 2.75) is 39.7 Å². The fourth-order valence-corrected chi connectivity index (χ4v) is 2.97. The summed E-state index contributed by atoms with van der Waals surface area (Å²) in [6, 6.07) is 0.533. The first kappa shape index (κ1) is 13.3. The van der Waals surface area contributed by atoms with Crippen LogP contribution in [0.3, 0.4) is 0 Å². The van der Waals surface area contributed by atoms with E-state index in [-0.39, 0.29) is 0 Å². The number of nitrogens with zero attached hydrogens (tertiary/aromatic N) is 2. The molecule has 100 valence electrons. The molecule has 1 saturated carbocycles. The molecule has 0 bridgehead atoms. The Labute approximate surface area is 106 Å². The zero-order valence-corrected chi connectivity index (χ0v) is 11.8. The monoisotopic (exact) mass is 239 g/mol. The molecule has 1 unspecified atom stereocenters. The van der Waals surface area contributed by atoms with E-state index >= 15 is 0 Å². The predicted molar refractivity (Wildman–Crippen MR) is 73.0 cm³/mol. The lowest BCUT2D eigenvalue weighted by molar-refractivity contribution is 0.0483. The van der Waals surface area contributed by atoms with Crippen LogP contribution in [0.4, 0.5) is 0 Å². The minimum absolute atomic E-state index is 0.299. The fourth-order valence-electron chi connectivity index (χ4n) is 2.97. The third-order valence-corrected chi connectivity index (χ3v) is 4.28. The van der Waals surface area contributed by atoms with E-state index in [4.69, 9.17) is 5.73 Å². The van der Waals surface area contributed by atoms with Gasteiger partial charge in [0.15, 0.2) is 0 Å². The third kappa shape index (κ3) is 3.67. The number of piperazine rings is 1. The molecule has 3 heteroatoms. The van der Waals surface area contributed by atoms with Crippen LogP contribution in [0.2, 0.25) is 0 Å². The van der Waals surface area contributed by atoms with Crippen LogP contribution in [0, 0.1) is 11.3 Å². The lowest BCUT2D eigenvalue weighted by Crippen LogP contribution is -2.56. The third-order valence-electron chi connectivity index (χ3n) is 4.28. The molecule has 1 atom stereocenters. The Kier molecular flexibility index (Phi) is 4.11. The van der Waals surface area contributed by atoms with Crippen LogP contribution in [0.5, 0.6) is 0 Å².